The molecule has 0 heterocycles. The number of likely N-dealkylation sites (N-methyl/N-ethyl adjacent to an activating group) is 1. The van der Waals surface area contributed by atoms with Crippen molar-refractivity contribution in [3.8, 4) is 5.75 Å². The minimum atomic E-state index is -3.87. The Morgan fingerprint density at radius 1 is 1.09 bits per heavy atom. The summed E-state index contributed by atoms with van der Waals surface area (Å²) < 4.78 is 31.4. The van der Waals surface area contributed by atoms with Crippen LogP contribution < -0.4 is 14.4 Å². The van der Waals surface area contributed by atoms with Crippen LogP contribution in [-0.4, -0.2) is 57.6 Å². The third kappa shape index (κ3) is 6.75. The number of carbonyl (C=O) groups excluding carboxylic acids is 2. The van der Waals surface area contributed by atoms with E-state index < -0.39 is 34.4 Å². The third-order valence-electron chi connectivity index (χ3n) is 4.94. The van der Waals surface area contributed by atoms with Gasteiger partial charge in [0, 0.05) is 28.7 Å². The Morgan fingerprint density at radius 2 is 1.70 bits per heavy atom. The standard InChI is InChI=1S/C22H27Cl2N3O5S/c1-5-25-22(29)15(2)26(13-16-17(23)9-8-10-18(16)24)21(28)14-27(33(4,30)31)19-11-6-7-12-20(19)32-3/h6-12,15H,5,13-14H2,1-4H3,(H,25,29)/t15-/m0/s1. The van der Waals surface area contributed by atoms with Crippen molar-refractivity contribution in [1.29, 1.82) is 0 Å². The number of methoxy groups -OCH3 is 1. The Hall–Kier alpha value is -2.49. The van der Waals surface area contributed by atoms with E-state index in [9.17, 15) is 18.0 Å². The van der Waals surface area contributed by atoms with Crippen LogP contribution in [0.3, 0.4) is 0 Å². The molecule has 0 aromatic heterocycles. The van der Waals surface area contributed by atoms with Crippen LogP contribution in [0.25, 0.3) is 0 Å². The molecule has 0 fully saturated rings. The predicted molar refractivity (Wildman–Crippen MR) is 130 cm³/mol. The number of halogens is 2. The summed E-state index contributed by atoms with van der Waals surface area (Å²) in [5.74, 6) is -0.716. The fourth-order valence-corrected chi connectivity index (χ4v) is 4.56. The summed E-state index contributed by atoms with van der Waals surface area (Å²) in [7, 11) is -2.46. The largest absolute Gasteiger partial charge is 0.495 e. The predicted octanol–water partition coefficient (Wildman–Crippen LogP) is 3.32. The van der Waals surface area contributed by atoms with Gasteiger partial charge in [0.2, 0.25) is 21.8 Å². The van der Waals surface area contributed by atoms with Gasteiger partial charge in [-0.25, -0.2) is 8.42 Å². The van der Waals surface area contributed by atoms with E-state index in [4.69, 9.17) is 27.9 Å². The van der Waals surface area contributed by atoms with Gasteiger partial charge in [0.05, 0.1) is 19.1 Å². The van der Waals surface area contributed by atoms with E-state index in [-0.39, 0.29) is 18.0 Å². The number of nitrogens with one attached hydrogen (secondary N) is 1. The number of carbonyl (C=O) groups is 2. The molecule has 1 atom stereocenters. The number of anilines is 1. The molecular formula is C22H27Cl2N3O5S. The van der Waals surface area contributed by atoms with Gasteiger partial charge in [-0.05, 0) is 38.1 Å². The van der Waals surface area contributed by atoms with Crippen LogP contribution in [0.15, 0.2) is 42.5 Å². The molecule has 11 heteroatoms. The van der Waals surface area contributed by atoms with E-state index in [2.05, 4.69) is 5.32 Å². The summed E-state index contributed by atoms with van der Waals surface area (Å²) in [4.78, 5) is 27.3. The molecule has 0 aliphatic heterocycles. The average molecular weight is 516 g/mol. The normalized spacial score (nSPS) is 12.1. The minimum Gasteiger partial charge on any atom is -0.495 e. The number of nitrogens with zero attached hydrogens (tertiary/aromatic N) is 2. The number of rotatable bonds is 10. The Morgan fingerprint density at radius 3 is 2.24 bits per heavy atom. The molecule has 2 aromatic carbocycles. The molecule has 0 bridgehead atoms. The van der Waals surface area contributed by atoms with Crippen molar-refractivity contribution >= 4 is 50.7 Å². The molecule has 0 aliphatic carbocycles. The molecule has 0 radical (unpaired) electrons. The molecule has 2 aromatic rings. The van der Waals surface area contributed by atoms with Crippen LogP contribution in [0.4, 0.5) is 5.69 Å². The zero-order valence-corrected chi connectivity index (χ0v) is 21.2. The molecule has 0 saturated heterocycles. The van der Waals surface area contributed by atoms with Crippen molar-refractivity contribution in [2.75, 3.05) is 30.8 Å². The maximum absolute atomic E-state index is 13.5. The van der Waals surface area contributed by atoms with Crippen molar-refractivity contribution < 1.29 is 22.7 Å². The highest BCUT2D eigenvalue weighted by atomic mass is 35.5. The fraction of sp³-hybridized carbons (Fsp3) is 0.364. The SMILES string of the molecule is CCNC(=O)[C@H](C)N(Cc1c(Cl)cccc1Cl)C(=O)CN(c1ccccc1OC)S(C)(=O)=O. The first-order chi connectivity index (χ1) is 15.5. The number of ether oxygens (including phenoxy) is 1. The molecule has 1 N–H and O–H groups in total. The Labute approximate surface area is 204 Å². The topological polar surface area (TPSA) is 96.0 Å². The van der Waals surface area contributed by atoms with E-state index in [1.807, 2.05) is 0 Å². The van der Waals surface area contributed by atoms with Crippen LogP contribution in [-0.2, 0) is 26.2 Å². The second-order valence-electron chi connectivity index (χ2n) is 7.23. The van der Waals surface area contributed by atoms with Crippen LogP contribution in [0.1, 0.15) is 19.4 Å². The van der Waals surface area contributed by atoms with Gasteiger partial charge in [0.1, 0.15) is 18.3 Å². The number of benzene rings is 2. The van der Waals surface area contributed by atoms with Crippen LogP contribution in [0.5, 0.6) is 5.75 Å². The Bertz CT molecular complexity index is 1090. The van der Waals surface area contributed by atoms with Crippen molar-refractivity contribution in [2.45, 2.75) is 26.4 Å². The molecule has 0 saturated carbocycles. The lowest BCUT2D eigenvalue weighted by Gasteiger charge is -2.32. The van der Waals surface area contributed by atoms with E-state index in [0.717, 1.165) is 10.6 Å². The second kappa shape index (κ2) is 11.6. The molecule has 180 valence electrons. The van der Waals surface area contributed by atoms with Gasteiger partial charge < -0.3 is 15.0 Å². The van der Waals surface area contributed by atoms with Gasteiger partial charge in [0.15, 0.2) is 0 Å². The summed E-state index contributed by atoms with van der Waals surface area (Å²) in [5.41, 5.74) is 0.658. The maximum atomic E-state index is 13.5. The van der Waals surface area contributed by atoms with Crippen molar-refractivity contribution in [3.63, 3.8) is 0 Å². The smallest absolute Gasteiger partial charge is 0.244 e. The summed E-state index contributed by atoms with van der Waals surface area (Å²) in [5, 5.41) is 3.33. The number of para-hydroxylation sites is 2. The van der Waals surface area contributed by atoms with Gasteiger partial charge in [0.25, 0.3) is 0 Å². The average Bonchev–Trinajstić information content (AvgIpc) is 2.76. The molecule has 8 nitrogen and oxygen atoms in total. The number of hydrogen-bond acceptors (Lipinski definition) is 5. The first-order valence-electron chi connectivity index (χ1n) is 10.1. The lowest BCUT2D eigenvalue weighted by molar-refractivity contribution is -0.139. The van der Waals surface area contributed by atoms with Gasteiger partial charge in [-0.3, -0.25) is 13.9 Å². The highest BCUT2D eigenvalue weighted by Crippen LogP contribution is 2.30. The van der Waals surface area contributed by atoms with Crippen LogP contribution >= 0.6 is 23.2 Å². The second-order valence-corrected chi connectivity index (χ2v) is 9.96. The third-order valence-corrected chi connectivity index (χ3v) is 6.78. The lowest BCUT2D eigenvalue weighted by atomic mass is 10.1. The molecule has 0 unspecified atom stereocenters. The molecular weight excluding hydrogens is 489 g/mol. The van der Waals surface area contributed by atoms with Gasteiger partial charge in [-0.2, -0.15) is 0 Å². The quantitative estimate of drug-likeness (QED) is 0.523. The van der Waals surface area contributed by atoms with Crippen molar-refractivity contribution in [2.24, 2.45) is 0 Å². The van der Waals surface area contributed by atoms with E-state index in [1.165, 1.54) is 18.1 Å². The highest BCUT2D eigenvalue weighted by Gasteiger charge is 2.31. The van der Waals surface area contributed by atoms with Crippen molar-refractivity contribution in [3.05, 3.63) is 58.1 Å². The number of hydrogen-bond donors (Lipinski definition) is 1. The first-order valence-corrected chi connectivity index (χ1v) is 12.7. The lowest BCUT2D eigenvalue weighted by Crippen LogP contribution is -2.51. The molecule has 2 amide bonds. The van der Waals surface area contributed by atoms with Gasteiger partial charge in [-0.1, -0.05) is 41.4 Å². The first kappa shape index (κ1) is 26.8. The van der Waals surface area contributed by atoms with Crippen LogP contribution in [0.2, 0.25) is 10.0 Å². The van der Waals surface area contributed by atoms with Crippen LogP contribution in [0, 0.1) is 0 Å². The van der Waals surface area contributed by atoms with E-state index in [0.29, 0.717) is 22.2 Å². The Kier molecular flexibility index (Phi) is 9.39. The maximum Gasteiger partial charge on any atom is 0.244 e. The highest BCUT2D eigenvalue weighted by molar-refractivity contribution is 7.92. The molecule has 0 aliphatic rings. The van der Waals surface area contributed by atoms with E-state index in [1.54, 1.807) is 50.2 Å². The summed E-state index contributed by atoms with van der Waals surface area (Å²) in [6, 6.07) is 10.5. The molecule has 33 heavy (non-hydrogen) atoms. The minimum absolute atomic E-state index is 0.0842. The van der Waals surface area contributed by atoms with Gasteiger partial charge >= 0.3 is 0 Å². The van der Waals surface area contributed by atoms with Crippen molar-refractivity contribution in [1.82, 2.24) is 10.2 Å². The van der Waals surface area contributed by atoms with Gasteiger partial charge in [-0.15, -0.1) is 0 Å². The zero-order chi connectivity index (χ0) is 24.8. The molecule has 2 rings (SSSR count). The number of amides is 2. The summed E-state index contributed by atoms with van der Waals surface area (Å²) in [6.07, 6.45) is 0.995. The number of sulfonamides is 1. The molecule has 0 spiro atoms. The Balaban J connectivity index is 2.48. The monoisotopic (exact) mass is 515 g/mol. The van der Waals surface area contributed by atoms with E-state index >= 15 is 0 Å². The zero-order valence-electron chi connectivity index (χ0n) is 18.8. The fourth-order valence-electron chi connectivity index (χ4n) is 3.19. The summed E-state index contributed by atoms with van der Waals surface area (Å²) >= 11 is 12.6. The summed E-state index contributed by atoms with van der Waals surface area (Å²) in [6.45, 7) is 3.05.